The summed E-state index contributed by atoms with van der Waals surface area (Å²) in [5.41, 5.74) is 0.968. The van der Waals surface area contributed by atoms with E-state index in [9.17, 15) is 4.39 Å². The van der Waals surface area contributed by atoms with Crippen molar-refractivity contribution in [3.63, 3.8) is 0 Å². The molecule has 0 aromatic heterocycles. The average molecular weight is 284 g/mol. The molecule has 1 nitrogen and oxygen atoms in total. The highest BCUT2D eigenvalue weighted by Gasteiger charge is 2.10. The molecule has 86 valence electrons. The highest BCUT2D eigenvalue weighted by molar-refractivity contribution is 9.10. The van der Waals surface area contributed by atoms with Gasteiger partial charge in [-0.05, 0) is 59.3 Å². The van der Waals surface area contributed by atoms with Crippen LogP contribution in [0.2, 0.25) is 0 Å². The SMILES string of the molecule is Fc1ccc(NCC2CC=CCC2)c(Br)c1. The summed E-state index contributed by atoms with van der Waals surface area (Å²) >= 11 is 3.36. The maximum Gasteiger partial charge on any atom is 0.124 e. The predicted molar refractivity (Wildman–Crippen MR) is 69.1 cm³/mol. The summed E-state index contributed by atoms with van der Waals surface area (Å²) < 4.78 is 13.7. The fourth-order valence-electron chi connectivity index (χ4n) is 1.93. The topological polar surface area (TPSA) is 12.0 Å². The molecule has 16 heavy (non-hydrogen) atoms. The smallest absolute Gasteiger partial charge is 0.124 e. The summed E-state index contributed by atoms with van der Waals surface area (Å²) in [4.78, 5) is 0. The van der Waals surface area contributed by atoms with Crippen molar-refractivity contribution in [1.29, 1.82) is 0 Å². The van der Waals surface area contributed by atoms with Crippen LogP contribution in [0.25, 0.3) is 0 Å². The third kappa shape index (κ3) is 3.08. The first-order valence-electron chi connectivity index (χ1n) is 5.59. The summed E-state index contributed by atoms with van der Waals surface area (Å²) in [7, 11) is 0. The summed E-state index contributed by atoms with van der Waals surface area (Å²) in [5.74, 6) is 0.486. The van der Waals surface area contributed by atoms with E-state index in [1.165, 1.54) is 25.0 Å². The molecule has 1 atom stereocenters. The first-order valence-corrected chi connectivity index (χ1v) is 6.39. The Balaban J connectivity index is 1.91. The molecular weight excluding hydrogens is 269 g/mol. The van der Waals surface area contributed by atoms with E-state index < -0.39 is 0 Å². The van der Waals surface area contributed by atoms with E-state index in [-0.39, 0.29) is 5.82 Å². The summed E-state index contributed by atoms with van der Waals surface area (Å²) in [5, 5.41) is 3.36. The van der Waals surface area contributed by atoms with Crippen molar-refractivity contribution in [1.82, 2.24) is 0 Å². The molecule has 0 saturated heterocycles. The van der Waals surface area contributed by atoms with Crippen LogP contribution in [0.3, 0.4) is 0 Å². The van der Waals surface area contributed by atoms with E-state index in [0.717, 1.165) is 23.1 Å². The second kappa shape index (κ2) is 5.48. The van der Waals surface area contributed by atoms with E-state index in [1.807, 2.05) is 0 Å². The lowest BCUT2D eigenvalue weighted by molar-refractivity contribution is 0.504. The molecule has 0 amide bonds. The molecule has 0 spiro atoms. The fourth-order valence-corrected chi connectivity index (χ4v) is 2.42. The average Bonchev–Trinajstić information content (AvgIpc) is 2.29. The van der Waals surface area contributed by atoms with Crippen molar-refractivity contribution in [2.75, 3.05) is 11.9 Å². The first kappa shape index (κ1) is 11.6. The number of rotatable bonds is 3. The van der Waals surface area contributed by atoms with Gasteiger partial charge in [-0.15, -0.1) is 0 Å². The number of allylic oxidation sites excluding steroid dienone is 2. The standard InChI is InChI=1S/C13H15BrFN/c14-12-8-11(15)6-7-13(12)16-9-10-4-2-1-3-5-10/h1-2,6-8,10,16H,3-5,9H2. The number of anilines is 1. The lowest BCUT2D eigenvalue weighted by Crippen LogP contribution is -2.15. The monoisotopic (exact) mass is 283 g/mol. The molecule has 3 heteroatoms. The number of nitrogens with one attached hydrogen (secondary N) is 1. The molecule has 0 saturated carbocycles. The van der Waals surface area contributed by atoms with E-state index in [0.29, 0.717) is 5.92 Å². The van der Waals surface area contributed by atoms with Gasteiger partial charge in [0.2, 0.25) is 0 Å². The van der Waals surface area contributed by atoms with Gasteiger partial charge < -0.3 is 5.32 Å². The van der Waals surface area contributed by atoms with Gasteiger partial charge >= 0.3 is 0 Å². The van der Waals surface area contributed by atoms with Crippen molar-refractivity contribution in [2.45, 2.75) is 19.3 Å². The van der Waals surface area contributed by atoms with Crippen LogP contribution in [-0.4, -0.2) is 6.54 Å². The molecule has 1 aromatic rings. The van der Waals surface area contributed by atoms with Crippen LogP contribution in [0.5, 0.6) is 0 Å². The van der Waals surface area contributed by atoms with Gasteiger partial charge in [-0.1, -0.05) is 12.2 Å². The maximum absolute atomic E-state index is 12.9. The van der Waals surface area contributed by atoms with Gasteiger partial charge in [-0.2, -0.15) is 0 Å². The molecule has 1 aliphatic carbocycles. The van der Waals surface area contributed by atoms with Gasteiger partial charge in [0.25, 0.3) is 0 Å². The Morgan fingerprint density at radius 1 is 1.38 bits per heavy atom. The quantitative estimate of drug-likeness (QED) is 0.813. The van der Waals surface area contributed by atoms with Crippen LogP contribution in [-0.2, 0) is 0 Å². The third-order valence-electron chi connectivity index (χ3n) is 2.89. The van der Waals surface area contributed by atoms with E-state index in [4.69, 9.17) is 0 Å². The van der Waals surface area contributed by atoms with Crippen LogP contribution in [0.1, 0.15) is 19.3 Å². The summed E-state index contributed by atoms with van der Waals surface area (Å²) in [6.07, 6.45) is 8.05. The molecule has 1 aliphatic rings. The second-order valence-electron chi connectivity index (χ2n) is 4.16. The molecule has 2 rings (SSSR count). The fraction of sp³-hybridized carbons (Fsp3) is 0.385. The molecular formula is C13H15BrFN. The number of halogens is 2. The van der Waals surface area contributed by atoms with Crippen LogP contribution in [0.4, 0.5) is 10.1 Å². The second-order valence-corrected chi connectivity index (χ2v) is 5.01. The Kier molecular flexibility index (Phi) is 3.99. The van der Waals surface area contributed by atoms with Gasteiger partial charge in [0.15, 0.2) is 0 Å². The lowest BCUT2D eigenvalue weighted by Gasteiger charge is -2.19. The third-order valence-corrected chi connectivity index (χ3v) is 3.55. The summed E-state index contributed by atoms with van der Waals surface area (Å²) in [6.45, 7) is 0.953. The van der Waals surface area contributed by atoms with Crippen LogP contribution in [0.15, 0.2) is 34.8 Å². The minimum atomic E-state index is -0.210. The zero-order valence-electron chi connectivity index (χ0n) is 9.05. The van der Waals surface area contributed by atoms with Crippen molar-refractivity contribution < 1.29 is 4.39 Å². The maximum atomic E-state index is 12.9. The van der Waals surface area contributed by atoms with Crippen LogP contribution in [0, 0.1) is 11.7 Å². The summed E-state index contributed by atoms with van der Waals surface area (Å²) in [6, 6.07) is 4.75. The first-order chi connectivity index (χ1) is 7.75. The molecule has 1 unspecified atom stereocenters. The Morgan fingerprint density at radius 3 is 2.94 bits per heavy atom. The number of benzene rings is 1. The zero-order valence-corrected chi connectivity index (χ0v) is 10.6. The lowest BCUT2D eigenvalue weighted by atomic mass is 9.94. The van der Waals surface area contributed by atoms with E-state index >= 15 is 0 Å². The van der Waals surface area contributed by atoms with E-state index in [1.54, 1.807) is 6.07 Å². The zero-order chi connectivity index (χ0) is 11.4. The van der Waals surface area contributed by atoms with Crippen LogP contribution < -0.4 is 5.32 Å². The molecule has 0 bridgehead atoms. The number of hydrogen-bond donors (Lipinski definition) is 1. The van der Waals surface area contributed by atoms with Gasteiger partial charge in [0.1, 0.15) is 5.82 Å². The van der Waals surface area contributed by atoms with Gasteiger partial charge in [-0.25, -0.2) is 4.39 Å². The molecule has 0 aliphatic heterocycles. The van der Waals surface area contributed by atoms with Crippen molar-refractivity contribution in [3.05, 3.63) is 40.6 Å². The Morgan fingerprint density at radius 2 is 2.25 bits per heavy atom. The minimum absolute atomic E-state index is 0.210. The minimum Gasteiger partial charge on any atom is -0.384 e. The molecule has 0 fully saturated rings. The molecule has 1 aromatic carbocycles. The van der Waals surface area contributed by atoms with Crippen molar-refractivity contribution in [3.8, 4) is 0 Å². The van der Waals surface area contributed by atoms with Crippen LogP contribution >= 0.6 is 15.9 Å². The number of hydrogen-bond acceptors (Lipinski definition) is 1. The Hall–Kier alpha value is -0.830. The van der Waals surface area contributed by atoms with Gasteiger partial charge in [0.05, 0.1) is 0 Å². The van der Waals surface area contributed by atoms with Crippen molar-refractivity contribution in [2.24, 2.45) is 5.92 Å². The largest absolute Gasteiger partial charge is 0.384 e. The van der Waals surface area contributed by atoms with Gasteiger partial charge in [0, 0.05) is 16.7 Å². The Labute approximate surface area is 104 Å². The van der Waals surface area contributed by atoms with E-state index in [2.05, 4.69) is 33.4 Å². The molecule has 1 N–H and O–H groups in total. The highest BCUT2D eigenvalue weighted by atomic mass is 79.9. The Bertz CT molecular complexity index is 390. The van der Waals surface area contributed by atoms with Crippen molar-refractivity contribution >= 4 is 21.6 Å². The molecule has 0 radical (unpaired) electrons. The predicted octanol–water partition coefficient (Wildman–Crippen LogP) is 4.36. The molecule has 0 heterocycles. The van der Waals surface area contributed by atoms with Gasteiger partial charge in [-0.3, -0.25) is 0 Å². The highest BCUT2D eigenvalue weighted by Crippen LogP contribution is 2.25. The normalized spacial score (nSPS) is 19.8.